The maximum atomic E-state index is 12.9. The molecular weight excluding hydrogens is 400 g/mol. The van der Waals surface area contributed by atoms with Gasteiger partial charge in [0.2, 0.25) is 0 Å². The zero-order valence-corrected chi connectivity index (χ0v) is 16.9. The maximum Gasteiger partial charge on any atom is 0.337 e. The van der Waals surface area contributed by atoms with Crippen molar-refractivity contribution in [3.05, 3.63) is 89.5 Å². The summed E-state index contributed by atoms with van der Waals surface area (Å²) in [4.78, 5) is 37.2. The fourth-order valence-electron chi connectivity index (χ4n) is 2.70. The average Bonchev–Trinajstić information content (AvgIpc) is 3.31. The molecule has 0 spiro atoms. The number of anilines is 1. The highest BCUT2D eigenvalue weighted by molar-refractivity contribution is 6.11. The quantitative estimate of drug-likeness (QED) is 0.448. The highest BCUT2D eigenvalue weighted by Crippen LogP contribution is 2.18. The Balaban J connectivity index is 1.83. The minimum absolute atomic E-state index is 0.0390. The standard InChI is InChI=1S/C23H20N2O6/c1-29-20-8-4-3-7-18(20)21(26)25-19(14-17-6-5-13-31-17)22(27)24-16-11-9-15(10-12-16)23(28)30-2/h3-14H,1-2H3,(H,24,27)(H,25,26)/b19-14+. The van der Waals surface area contributed by atoms with E-state index in [0.717, 1.165) is 0 Å². The molecule has 158 valence electrons. The monoisotopic (exact) mass is 420 g/mol. The van der Waals surface area contributed by atoms with E-state index in [1.54, 1.807) is 48.5 Å². The van der Waals surface area contributed by atoms with Crippen LogP contribution in [0.1, 0.15) is 26.5 Å². The molecule has 8 nitrogen and oxygen atoms in total. The molecule has 2 aromatic carbocycles. The van der Waals surface area contributed by atoms with Crippen molar-refractivity contribution in [2.45, 2.75) is 0 Å². The fourth-order valence-corrected chi connectivity index (χ4v) is 2.70. The van der Waals surface area contributed by atoms with Crippen LogP contribution in [0, 0.1) is 0 Å². The highest BCUT2D eigenvalue weighted by atomic mass is 16.5. The molecular formula is C23H20N2O6. The molecule has 0 radical (unpaired) electrons. The number of carbonyl (C=O) groups is 3. The predicted octanol–water partition coefficient (Wildman–Crippen LogP) is 3.48. The number of hydrogen-bond donors (Lipinski definition) is 2. The lowest BCUT2D eigenvalue weighted by Gasteiger charge is -2.12. The van der Waals surface area contributed by atoms with Gasteiger partial charge in [-0.25, -0.2) is 4.79 Å². The Kier molecular flexibility index (Phi) is 6.85. The first kappa shape index (κ1) is 21.4. The number of ether oxygens (including phenoxy) is 2. The van der Waals surface area contributed by atoms with E-state index in [4.69, 9.17) is 9.15 Å². The number of para-hydroxylation sites is 1. The Morgan fingerprint density at radius 1 is 0.935 bits per heavy atom. The molecule has 0 bridgehead atoms. The summed E-state index contributed by atoms with van der Waals surface area (Å²) in [5, 5.41) is 5.28. The van der Waals surface area contributed by atoms with Crippen LogP contribution in [-0.4, -0.2) is 32.0 Å². The van der Waals surface area contributed by atoms with Crippen molar-refractivity contribution in [3.63, 3.8) is 0 Å². The van der Waals surface area contributed by atoms with E-state index in [1.165, 1.54) is 38.7 Å². The molecule has 0 atom stereocenters. The molecule has 0 aliphatic rings. The second kappa shape index (κ2) is 9.93. The second-order valence-electron chi connectivity index (χ2n) is 6.25. The van der Waals surface area contributed by atoms with Gasteiger partial charge in [-0.1, -0.05) is 12.1 Å². The molecule has 31 heavy (non-hydrogen) atoms. The smallest absolute Gasteiger partial charge is 0.337 e. The summed E-state index contributed by atoms with van der Waals surface area (Å²) in [6.07, 6.45) is 2.86. The normalized spacial score (nSPS) is 10.8. The van der Waals surface area contributed by atoms with E-state index in [9.17, 15) is 14.4 Å². The van der Waals surface area contributed by atoms with Crippen molar-refractivity contribution in [3.8, 4) is 5.75 Å². The number of esters is 1. The molecule has 0 aliphatic carbocycles. The van der Waals surface area contributed by atoms with Gasteiger partial charge in [-0.15, -0.1) is 0 Å². The van der Waals surface area contributed by atoms with E-state index in [-0.39, 0.29) is 11.3 Å². The van der Waals surface area contributed by atoms with Crippen LogP contribution in [0.2, 0.25) is 0 Å². The zero-order chi connectivity index (χ0) is 22.2. The summed E-state index contributed by atoms with van der Waals surface area (Å²) in [5.74, 6) is -0.833. The lowest BCUT2D eigenvalue weighted by Crippen LogP contribution is -2.31. The van der Waals surface area contributed by atoms with Gasteiger partial charge in [0.25, 0.3) is 11.8 Å². The number of carbonyl (C=O) groups excluding carboxylic acids is 3. The van der Waals surface area contributed by atoms with Gasteiger partial charge in [-0.3, -0.25) is 9.59 Å². The minimum atomic E-state index is -0.578. The molecule has 8 heteroatoms. The molecule has 0 saturated carbocycles. The second-order valence-corrected chi connectivity index (χ2v) is 6.25. The summed E-state index contributed by atoms with van der Waals surface area (Å²) < 4.78 is 15.1. The Morgan fingerprint density at radius 3 is 2.32 bits per heavy atom. The average molecular weight is 420 g/mol. The van der Waals surface area contributed by atoms with Crippen molar-refractivity contribution in [2.24, 2.45) is 0 Å². The molecule has 3 rings (SSSR count). The van der Waals surface area contributed by atoms with Gasteiger partial charge in [0.1, 0.15) is 17.2 Å². The first-order valence-corrected chi connectivity index (χ1v) is 9.21. The number of hydrogen-bond acceptors (Lipinski definition) is 6. The molecule has 0 aliphatic heterocycles. The molecule has 3 aromatic rings. The zero-order valence-electron chi connectivity index (χ0n) is 16.9. The van der Waals surface area contributed by atoms with Gasteiger partial charge in [-0.2, -0.15) is 0 Å². The van der Waals surface area contributed by atoms with Crippen LogP contribution >= 0.6 is 0 Å². The van der Waals surface area contributed by atoms with Crippen LogP contribution in [0.3, 0.4) is 0 Å². The molecule has 1 aromatic heterocycles. The highest BCUT2D eigenvalue weighted by Gasteiger charge is 2.18. The lowest BCUT2D eigenvalue weighted by molar-refractivity contribution is -0.113. The minimum Gasteiger partial charge on any atom is -0.496 e. The van der Waals surface area contributed by atoms with Crippen molar-refractivity contribution in [2.75, 3.05) is 19.5 Å². The molecule has 2 N–H and O–H groups in total. The number of amides is 2. The van der Waals surface area contributed by atoms with Gasteiger partial charge in [0.05, 0.1) is 31.6 Å². The van der Waals surface area contributed by atoms with E-state index in [0.29, 0.717) is 22.8 Å². The predicted molar refractivity (Wildman–Crippen MR) is 114 cm³/mol. The van der Waals surface area contributed by atoms with Crippen LogP contribution in [-0.2, 0) is 9.53 Å². The van der Waals surface area contributed by atoms with E-state index in [2.05, 4.69) is 15.4 Å². The number of nitrogens with one attached hydrogen (secondary N) is 2. The number of benzene rings is 2. The van der Waals surface area contributed by atoms with Crippen LogP contribution < -0.4 is 15.4 Å². The van der Waals surface area contributed by atoms with Crippen LogP contribution in [0.15, 0.2) is 77.0 Å². The van der Waals surface area contributed by atoms with Crippen molar-refractivity contribution >= 4 is 29.5 Å². The summed E-state index contributed by atoms with van der Waals surface area (Å²) >= 11 is 0. The number of furan rings is 1. The SMILES string of the molecule is COC(=O)c1ccc(NC(=O)/C(=C\c2ccco2)NC(=O)c2ccccc2OC)cc1. The van der Waals surface area contributed by atoms with Crippen molar-refractivity contribution in [1.29, 1.82) is 0 Å². The maximum absolute atomic E-state index is 12.9. The van der Waals surface area contributed by atoms with Gasteiger partial charge in [0.15, 0.2) is 0 Å². The van der Waals surface area contributed by atoms with Crippen LogP contribution in [0.5, 0.6) is 5.75 Å². The van der Waals surface area contributed by atoms with Gasteiger partial charge in [-0.05, 0) is 48.5 Å². The summed E-state index contributed by atoms with van der Waals surface area (Å²) in [6.45, 7) is 0. The van der Waals surface area contributed by atoms with Crippen LogP contribution in [0.4, 0.5) is 5.69 Å². The van der Waals surface area contributed by atoms with Crippen LogP contribution in [0.25, 0.3) is 6.08 Å². The Bertz CT molecular complexity index is 1100. The molecule has 0 fully saturated rings. The topological polar surface area (TPSA) is 107 Å². The van der Waals surface area contributed by atoms with Gasteiger partial charge < -0.3 is 24.5 Å². The summed E-state index contributed by atoms with van der Waals surface area (Å²) in [6, 6.07) is 16.1. The van der Waals surface area contributed by atoms with Gasteiger partial charge >= 0.3 is 5.97 Å². The fraction of sp³-hybridized carbons (Fsp3) is 0.0870. The molecule has 2 amide bonds. The third kappa shape index (κ3) is 5.39. The summed E-state index contributed by atoms with van der Waals surface area (Å²) in [5.41, 5.74) is 0.999. The van der Waals surface area contributed by atoms with E-state index >= 15 is 0 Å². The Morgan fingerprint density at radius 2 is 1.68 bits per heavy atom. The first-order chi connectivity index (χ1) is 15.0. The number of methoxy groups -OCH3 is 2. The molecule has 0 saturated heterocycles. The van der Waals surface area contributed by atoms with Crippen molar-refractivity contribution in [1.82, 2.24) is 5.32 Å². The lowest BCUT2D eigenvalue weighted by atomic mass is 10.1. The number of rotatable bonds is 7. The Hall–Kier alpha value is -4.33. The molecule has 0 unspecified atom stereocenters. The summed E-state index contributed by atoms with van der Waals surface area (Å²) in [7, 11) is 2.74. The van der Waals surface area contributed by atoms with E-state index < -0.39 is 17.8 Å². The Labute approximate surface area is 178 Å². The van der Waals surface area contributed by atoms with Crippen molar-refractivity contribution < 1.29 is 28.3 Å². The van der Waals surface area contributed by atoms with E-state index in [1.807, 2.05) is 0 Å². The third-order valence-corrected chi connectivity index (χ3v) is 4.24. The largest absolute Gasteiger partial charge is 0.496 e. The first-order valence-electron chi connectivity index (χ1n) is 9.21. The molecule has 1 heterocycles. The van der Waals surface area contributed by atoms with Gasteiger partial charge in [0, 0.05) is 11.8 Å². The third-order valence-electron chi connectivity index (χ3n) is 4.24.